The van der Waals surface area contributed by atoms with Gasteiger partial charge >= 0.3 is 0 Å². The first kappa shape index (κ1) is 23.2. The first-order valence-corrected chi connectivity index (χ1v) is 11.5. The summed E-state index contributed by atoms with van der Waals surface area (Å²) in [6.07, 6.45) is 0. The molecule has 0 aliphatic carbocycles. The van der Waals surface area contributed by atoms with E-state index in [1.54, 1.807) is 12.1 Å². The molecule has 0 N–H and O–H groups in total. The Labute approximate surface area is 205 Å². The number of nitrogens with zero attached hydrogens (tertiary/aromatic N) is 3. The number of ketones is 1. The van der Waals surface area contributed by atoms with Gasteiger partial charge in [0.15, 0.2) is 5.78 Å². The summed E-state index contributed by atoms with van der Waals surface area (Å²) in [4.78, 5) is 27.8. The fourth-order valence-corrected chi connectivity index (χ4v) is 4.36. The minimum absolute atomic E-state index is 0.0256. The lowest BCUT2D eigenvalue weighted by Crippen LogP contribution is -2.04. The van der Waals surface area contributed by atoms with Crippen molar-refractivity contribution in [3.8, 4) is 28.5 Å². The highest BCUT2D eigenvalue weighted by Crippen LogP contribution is 2.35. The second-order valence-corrected chi connectivity index (χ2v) is 8.64. The van der Waals surface area contributed by atoms with Crippen LogP contribution in [0.15, 0.2) is 90.0 Å². The van der Waals surface area contributed by atoms with E-state index in [1.807, 2.05) is 48.5 Å². The molecule has 1 aromatic heterocycles. The maximum absolute atomic E-state index is 12.7. The van der Waals surface area contributed by atoms with E-state index in [9.17, 15) is 20.2 Å². The molecule has 4 aromatic rings. The van der Waals surface area contributed by atoms with E-state index in [-0.39, 0.29) is 17.2 Å². The lowest BCUT2D eigenvalue weighted by Gasteiger charge is -2.12. The number of Topliss-reactive ketones (excluding diaryl/α,β-unsaturated/α-hetero) is 1. The number of hydrogen-bond acceptors (Lipinski definition) is 6. The van der Waals surface area contributed by atoms with Crippen molar-refractivity contribution in [2.24, 2.45) is 0 Å². The average Bonchev–Trinajstić information content (AvgIpc) is 2.87. The molecule has 0 aliphatic heterocycles. The van der Waals surface area contributed by atoms with E-state index >= 15 is 0 Å². The van der Waals surface area contributed by atoms with E-state index in [0.717, 1.165) is 22.9 Å². The zero-order chi connectivity index (χ0) is 24.1. The number of benzene rings is 3. The number of carbonyl (C=O) groups excluding carboxylic acids is 1. The predicted octanol–water partition coefficient (Wildman–Crippen LogP) is 6.82. The summed E-state index contributed by atoms with van der Waals surface area (Å²) in [5.41, 5.74) is 3.70. The van der Waals surface area contributed by atoms with Crippen molar-refractivity contribution in [2.75, 3.05) is 5.75 Å². The number of hydrogen-bond donors (Lipinski definition) is 0. The first-order valence-electron chi connectivity index (χ1n) is 10.1. The number of nitro groups is 1. The summed E-state index contributed by atoms with van der Waals surface area (Å²) in [5.74, 6) is -0.193. The average molecular weight is 486 g/mol. The van der Waals surface area contributed by atoms with Crippen LogP contribution >= 0.6 is 23.4 Å². The molecule has 0 aliphatic rings. The zero-order valence-electron chi connectivity index (χ0n) is 17.6. The number of non-ortho nitro benzene ring substituents is 1. The zero-order valence-corrected chi connectivity index (χ0v) is 19.2. The van der Waals surface area contributed by atoms with Crippen molar-refractivity contribution in [1.82, 2.24) is 4.98 Å². The number of halogens is 1. The van der Waals surface area contributed by atoms with Gasteiger partial charge in [-0.25, -0.2) is 4.98 Å². The van der Waals surface area contributed by atoms with Crippen molar-refractivity contribution < 1.29 is 9.72 Å². The second-order valence-electron chi connectivity index (χ2n) is 7.24. The van der Waals surface area contributed by atoms with Crippen LogP contribution in [0.2, 0.25) is 5.02 Å². The Hall–Kier alpha value is -3.99. The van der Waals surface area contributed by atoms with Crippen LogP contribution in [0, 0.1) is 21.4 Å². The molecule has 0 amide bonds. The smallest absolute Gasteiger partial charge is 0.269 e. The third kappa shape index (κ3) is 5.15. The second kappa shape index (κ2) is 10.3. The molecule has 0 atom stereocenters. The van der Waals surface area contributed by atoms with E-state index < -0.39 is 4.92 Å². The fraction of sp³-hybridized carbons (Fsp3) is 0.0385. The lowest BCUT2D eigenvalue weighted by atomic mass is 9.99. The Kier molecular flexibility index (Phi) is 7.02. The molecule has 0 spiro atoms. The summed E-state index contributed by atoms with van der Waals surface area (Å²) < 4.78 is 0. The number of nitro benzene ring substituents is 1. The highest BCUT2D eigenvalue weighted by Gasteiger charge is 2.18. The highest BCUT2D eigenvalue weighted by atomic mass is 35.5. The standard InChI is InChI=1S/C26H16ClN3O3S/c27-20-10-6-17(7-11-20)22-14-24(18-4-2-1-3-5-18)29-26(23(22)15-28)34-16-25(31)19-8-12-21(13-9-19)30(32)33/h1-14H,16H2. The fourth-order valence-electron chi connectivity index (χ4n) is 3.33. The quantitative estimate of drug-likeness (QED) is 0.123. The number of thioether (sulfide) groups is 1. The predicted molar refractivity (Wildman–Crippen MR) is 133 cm³/mol. The van der Waals surface area contributed by atoms with Crippen LogP contribution in [0.25, 0.3) is 22.4 Å². The van der Waals surface area contributed by atoms with Gasteiger partial charge in [-0.15, -0.1) is 0 Å². The molecule has 34 heavy (non-hydrogen) atoms. The summed E-state index contributed by atoms with van der Waals surface area (Å²) in [6.45, 7) is 0. The summed E-state index contributed by atoms with van der Waals surface area (Å²) in [5, 5.41) is 21.8. The van der Waals surface area contributed by atoms with Crippen molar-refractivity contribution >= 4 is 34.8 Å². The Morgan fingerprint density at radius 1 is 1.00 bits per heavy atom. The number of nitriles is 1. The van der Waals surface area contributed by atoms with Crippen LogP contribution in [0.4, 0.5) is 5.69 Å². The topological polar surface area (TPSA) is 96.9 Å². The van der Waals surface area contributed by atoms with Gasteiger partial charge in [0.25, 0.3) is 5.69 Å². The molecule has 1 heterocycles. The maximum atomic E-state index is 12.7. The molecule has 0 saturated carbocycles. The third-order valence-corrected chi connectivity index (χ3v) is 6.29. The SMILES string of the molecule is N#Cc1c(-c2ccc(Cl)cc2)cc(-c2ccccc2)nc1SCC(=O)c1ccc([N+](=O)[O-])cc1. The molecule has 0 radical (unpaired) electrons. The Morgan fingerprint density at radius 3 is 2.29 bits per heavy atom. The minimum Gasteiger partial charge on any atom is -0.293 e. The van der Waals surface area contributed by atoms with Crippen molar-refractivity contribution in [3.05, 3.63) is 111 Å². The van der Waals surface area contributed by atoms with Gasteiger partial charge in [0, 0.05) is 33.8 Å². The van der Waals surface area contributed by atoms with Crippen LogP contribution in [0.1, 0.15) is 15.9 Å². The minimum atomic E-state index is -0.514. The third-order valence-electron chi connectivity index (χ3n) is 5.06. The van der Waals surface area contributed by atoms with Crippen LogP contribution in [0.5, 0.6) is 0 Å². The molecule has 0 saturated heterocycles. The van der Waals surface area contributed by atoms with Gasteiger partial charge in [0.1, 0.15) is 11.1 Å². The molecule has 6 nitrogen and oxygen atoms in total. The maximum Gasteiger partial charge on any atom is 0.269 e. The van der Waals surface area contributed by atoms with Gasteiger partial charge in [-0.3, -0.25) is 14.9 Å². The van der Waals surface area contributed by atoms with E-state index in [2.05, 4.69) is 6.07 Å². The molecule has 3 aromatic carbocycles. The lowest BCUT2D eigenvalue weighted by molar-refractivity contribution is -0.384. The largest absolute Gasteiger partial charge is 0.293 e. The van der Waals surface area contributed by atoms with Crippen molar-refractivity contribution in [1.29, 1.82) is 5.26 Å². The number of pyridine rings is 1. The van der Waals surface area contributed by atoms with Gasteiger partial charge in [-0.05, 0) is 35.9 Å². The Balaban J connectivity index is 1.71. The molecular weight excluding hydrogens is 470 g/mol. The van der Waals surface area contributed by atoms with Gasteiger partial charge in [0.05, 0.1) is 21.9 Å². The molecule has 0 bridgehead atoms. The van der Waals surface area contributed by atoms with E-state index in [1.165, 1.54) is 24.3 Å². The normalized spacial score (nSPS) is 10.5. The van der Waals surface area contributed by atoms with Crippen molar-refractivity contribution in [2.45, 2.75) is 5.03 Å². The van der Waals surface area contributed by atoms with Gasteiger partial charge in [-0.2, -0.15) is 5.26 Å². The van der Waals surface area contributed by atoms with Crippen LogP contribution in [-0.4, -0.2) is 21.4 Å². The summed E-state index contributed by atoms with van der Waals surface area (Å²) in [7, 11) is 0. The van der Waals surface area contributed by atoms with Crippen LogP contribution < -0.4 is 0 Å². The van der Waals surface area contributed by atoms with Gasteiger partial charge < -0.3 is 0 Å². The number of rotatable bonds is 7. The molecule has 0 unspecified atom stereocenters. The molecule has 0 fully saturated rings. The Morgan fingerprint density at radius 2 is 1.68 bits per heavy atom. The summed E-state index contributed by atoms with van der Waals surface area (Å²) >= 11 is 7.21. The number of carbonyl (C=O) groups is 1. The number of aromatic nitrogens is 1. The molecule has 4 rings (SSSR count). The summed E-state index contributed by atoms with van der Waals surface area (Å²) in [6, 6.07) is 26.3. The van der Waals surface area contributed by atoms with Crippen molar-refractivity contribution in [3.63, 3.8) is 0 Å². The monoisotopic (exact) mass is 485 g/mol. The van der Waals surface area contributed by atoms with Crippen LogP contribution in [-0.2, 0) is 0 Å². The molecular formula is C26H16ClN3O3S. The molecule has 8 heteroatoms. The highest BCUT2D eigenvalue weighted by molar-refractivity contribution is 8.00. The first-order chi connectivity index (χ1) is 16.5. The van der Waals surface area contributed by atoms with E-state index in [0.29, 0.717) is 32.4 Å². The van der Waals surface area contributed by atoms with Crippen LogP contribution in [0.3, 0.4) is 0 Å². The van der Waals surface area contributed by atoms with E-state index in [4.69, 9.17) is 16.6 Å². The Bertz CT molecular complexity index is 1400. The van der Waals surface area contributed by atoms with Gasteiger partial charge in [-0.1, -0.05) is 65.8 Å². The van der Waals surface area contributed by atoms with Gasteiger partial charge in [0.2, 0.25) is 0 Å². The molecule has 166 valence electrons.